The largest absolute Gasteiger partial charge is 0.381 e. The maximum Gasteiger partial charge on any atom is 0.0480 e. The Morgan fingerprint density at radius 1 is 1.32 bits per heavy atom. The van der Waals surface area contributed by atoms with Crippen LogP contribution >= 0.6 is 0 Å². The molecule has 1 aromatic rings. The van der Waals surface area contributed by atoms with E-state index >= 15 is 0 Å². The third-order valence-electron chi connectivity index (χ3n) is 3.62. The van der Waals surface area contributed by atoms with Crippen LogP contribution < -0.4 is 5.32 Å². The van der Waals surface area contributed by atoms with Crippen LogP contribution in [0.15, 0.2) is 24.4 Å². The van der Waals surface area contributed by atoms with Gasteiger partial charge in [0.1, 0.15) is 0 Å². The molecule has 0 unspecified atom stereocenters. The van der Waals surface area contributed by atoms with E-state index < -0.39 is 0 Å². The highest BCUT2D eigenvalue weighted by Gasteiger charge is 2.12. The van der Waals surface area contributed by atoms with Gasteiger partial charge in [0, 0.05) is 57.2 Å². The summed E-state index contributed by atoms with van der Waals surface area (Å²) >= 11 is 0. The SMILES string of the molecule is CN(CCNC1CCOCC1)CCc1ccccn1. The number of nitrogens with zero attached hydrogens (tertiary/aromatic N) is 2. The van der Waals surface area contributed by atoms with Crippen molar-refractivity contribution in [3.8, 4) is 0 Å². The van der Waals surface area contributed by atoms with Gasteiger partial charge in [-0.05, 0) is 32.0 Å². The molecular weight excluding hydrogens is 238 g/mol. The first-order valence-corrected chi connectivity index (χ1v) is 7.24. The molecule has 1 saturated heterocycles. The molecule has 0 bridgehead atoms. The lowest BCUT2D eigenvalue weighted by atomic mass is 10.1. The zero-order chi connectivity index (χ0) is 13.3. The molecule has 1 fully saturated rings. The molecule has 0 radical (unpaired) electrons. The van der Waals surface area contributed by atoms with Gasteiger partial charge >= 0.3 is 0 Å². The Morgan fingerprint density at radius 3 is 2.89 bits per heavy atom. The summed E-state index contributed by atoms with van der Waals surface area (Å²) in [6, 6.07) is 6.76. The maximum absolute atomic E-state index is 5.36. The summed E-state index contributed by atoms with van der Waals surface area (Å²) in [5.41, 5.74) is 1.17. The van der Waals surface area contributed by atoms with Crippen LogP contribution in [0.3, 0.4) is 0 Å². The number of ether oxygens (including phenoxy) is 1. The summed E-state index contributed by atoms with van der Waals surface area (Å²) in [5, 5.41) is 3.61. The van der Waals surface area contributed by atoms with Crippen LogP contribution in [0.1, 0.15) is 18.5 Å². The topological polar surface area (TPSA) is 37.4 Å². The third kappa shape index (κ3) is 5.68. The molecule has 0 aromatic carbocycles. The second-order valence-corrected chi connectivity index (χ2v) is 5.22. The van der Waals surface area contributed by atoms with Crippen molar-refractivity contribution in [1.29, 1.82) is 0 Å². The van der Waals surface area contributed by atoms with Crippen molar-refractivity contribution < 1.29 is 4.74 Å². The van der Waals surface area contributed by atoms with E-state index in [2.05, 4.69) is 34.4 Å². The monoisotopic (exact) mass is 263 g/mol. The molecule has 4 nitrogen and oxygen atoms in total. The molecule has 0 spiro atoms. The maximum atomic E-state index is 5.36. The van der Waals surface area contributed by atoms with E-state index in [0.717, 1.165) is 52.1 Å². The minimum absolute atomic E-state index is 0.651. The van der Waals surface area contributed by atoms with Gasteiger partial charge in [-0.3, -0.25) is 4.98 Å². The summed E-state index contributed by atoms with van der Waals surface area (Å²) in [6.07, 6.45) is 5.19. The van der Waals surface area contributed by atoms with E-state index in [0.29, 0.717) is 6.04 Å². The molecule has 2 rings (SSSR count). The van der Waals surface area contributed by atoms with Crippen molar-refractivity contribution in [2.45, 2.75) is 25.3 Å². The van der Waals surface area contributed by atoms with Crippen molar-refractivity contribution in [1.82, 2.24) is 15.2 Å². The van der Waals surface area contributed by atoms with Crippen molar-refractivity contribution >= 4 is 0 Å². The van der Waals surface area contributed by atoms with E-state index in [9.17, 15) is 0 Å². The number of rotatable bonds is 7. The lowest BCUT2D eigenvalue weighted by molar-refractivity contribution is 0.0775. The van der Waals surface area contributed by atoms with Gasteiger partial charge in [0.2, 0.25) is 0 Å². The summed E-state index contributed by atoms with van der Waals surface area (Å²) in [4.78, 5) is 6.71. The predicted octanol–water partition coefficient (Wildman–Crippen LogP) is 1.32. The molecule has 1 N–H and O–H groups in total. The highest BCUT2D eigenvalue weighted by molar-refractivity contribution is 5.03. The van der Waals surface area contributed by atoms with Gasteiger partial charge in [0.05, 0.1) is 0 Å². The van der Waals surface area contributed by atoms with E-state index in [1.54, 1.807) is 0 Å². The molecule has 1 aliphatic heterocycles. The Morgan fingerprint density at radius 2 is 2.16 bits per heavy atom. The number of likely N-dealkylation sites (N-methyl/N-ethyl adjacent to an activating group) is 1. The molecule has 1 aliphatic rings. The molecule has 4 heteroatoms. The predicted molar refractivity (Wildman–Crippen MR) is 77.3 cm³/mol. The van der Waals surface area contributed by atoms with Gasteiger partial charge in [0.25, 0.3) is 0 Å². The second kappa shape index (κ2) is 8.25. The summed E-state index contributed by atoms with van der Waals surface area (Å²) in [6.45, 7) is 5.03. The molecule has 106 valence electrons. The molecule has 19 heavy (non-hydrogen) atoms. The standard InChI is InChI=1S/C15H25N3O/c1-18(10-5-14-4-2-3-8-16-14)11-9-17-15-6-12-19-13-7-15/h2-4,8,15,17H,5-7,9-13H2,1H3. The lowest BCUT2D eigenvalue weighted by Crippen LogP contribution is -2.39. The van der Waals surface area contributed by atoms with E-state index in [-0.39, 0.29) is 0 Å². The van der Waals surface area contributed by atoms with E-state index in [1.165, 1.54) is 5.69 Å². The van der Waals surface area contributed by atoms with Gasteiger partial charge in [0.15, 0.2) is 0 Å². The van der Waals surface area contributed by atoms with Crippen LogP contribution in [0.25, 0.3) is 0 Å². The average Bonchev–Trinajstić information content (AvgIpc) is 2.47. The normalized spacial score (nSPS) is 16.9. The number of nitrogens with one attached hydrogen (secondary N) is 1. The fourth-order valence-electron chi connectivity index (χ4n) is 2.32. The fraction of sp³-hybridized carbons (Fsp3) is 0.667. The second-order valence-electron chi connectivity index (χ2n) is 5.22. The van der Waals surface area contributed by atoms with Crippen molar-refractivity contribution in [3.63, 3.8) is 0 Å². The average molecular weight is 263 g/mol. The minimum Gasteiger partial charge on any atom is -0.381 e. The Kier molecular flexibility index (Phi) is 6.27. The van der Waals surface area contributed by atoms with E-state index in [1.807, 2.05) is 12.3 Å². The van der Waals surface area contributed by atoms with Gasteiger partial charge in [-0.25, -0.2) is 0 Å². The van der Waals surface area contributed by atoms with Crippen molar-refractivity contribution in [3.05, 3.63) is 30.1 Å². The molecular formula is C15H25N3O. The molecule has 0 saturated carbocycles. The van der Waals surface area contributed by atoms with Crippen LogP contribution in [0, 0.1) is 0 Å². The van der Waals surface area contributed by atoms with Crippen molar-refractivity contribution in [2.75, 3.05) is 39.9 Å². The lowest BCUT2D eigenvalue weighted by Gasteiger charge is -2.24. The highest BCUT2D eigenvalue weighted by Crippen LogP contribution is 2.05. The Hall–Kier alpha value is -0.970. The summed E-state index contributed by atoms with van der Waals surface area (Å²) < 4.78 is 5.36. The van der Waals surface area contributed by atoms with Gasteiger partial charge in [-0.2, -0.15) is 0 Å². The van der Waals surface area contributed by atoms with E-state index in [4.69, 9.17) is 4.74 Å². The molecule has 2 heterocycles. The smallest absolute Gasteiger partial charge is 0.0480 e. The van der Waals surface area contributed by atoms with Crippen LogP contribution in [0.4, 0.5) is 0 Å². The molecule has 0 atom stereocenters. The van der Waals surface area contributed by atoms with Crippen molar-refractivity contribution in [2.24, 2.45) is 0 Å². The first-order chi connectivity index (χ1) is 9.34. The molecule has 0 aliphatic carbocycles. The first kappa shape index (κ1) is 14.4. The summed E-state index contributed by atoms with van der Waals surface area (Å²) in [7, 11) is 2.18. The van der Waals surface area contributed by atoms with Gasteiger partial charge in [-0.15, -0.1) is 0 Å². The van der Waals surface area contributed by atoms with Crippen LogP contribution in [0.2, 0.25) is 0 Å². The van der Waals surface area contributed by atoms with Crippen LogP contribution in [-0.2, 0) is 11.2 Å². The highest BCUT2D eigenvalue weighted by atomic mass is 16.5. The zero-order valence-electron chi connectivity index (χ0n) is 11.8. The van der Waals surface area contributed by atoms with Gasteiger partial charge in [-0.1, -0.05) is 6.07 Å². The molecule has 0 amide bonds. The first-order valence-electron chi connectivity index (χ1n) is 7.24. The quantitative estimate of drug-likeness (QED) is 0.805. The van der Waals surface area contributed by atoms with Crippen LogP contribution in [0.5, 0.6) is 0 Å². The number of pyridine rings is 1. The Balaban J connectivity index is 1.55. The minimum atomic E-state index is 0.651. The Bertz CT molecular complexity index is 339. The molecule has 1 aromatic heterocycles. The number of hydrogen-bond acceptors (Lipinski definition) is 4. The third-order valence-corrected chi connectivity index (χ3v) is 3.62. The van der Waals surface area contributed by atoms with Crippen LogP contribution in [-0.4, -0.2) is 55.8 Å². The fourth-order valence-corrected chi connectivity index (χ4v) is 2.32. The Labute approximate surface area is 116 Å². The summed E-state index contributed by atoms with van der Waals surface area (Å²) in [5.74, 6) is 0. The number of aromatic nitrogens is 1. The number of hydrogen-bond donors (Lipinski definition) is 1. The zero-order valence-corrected chi connectivity index (χ0v) is 11.8. The van der Waals surface area contributed by atoms with Gasteiger partial charge < -0.3 is 15.0 Å².